The average molecular weight is 424 g/mol. The molecule has 4 rings (SSSR count). The highest BCUT2D eigenvalue weighted by Crippen LogP contribution is 2.54. The lowest BCUT2D eigenvalue weighted by molar-refractivity contribution is 0.0979. The molecule has 0 fully saturated rings. The molecule has 0 bridgehead atoms. The number of carbonyl (C=O) groups excluding carboxylic acids is 1. The topological polar surface area (TPSA) is 34.1 Å². The minimum Gasteiger partial charge on any atom is -0.313 e. The Morgan fingerprint density at radius 1 is 0.613 bits per heavy atom. The molecular weight excluding hydrogens is 399 g/mol. The summed E-state index contributed by atoms with van der Waals surface area (Å²) in [6.45, 7) is 2.01. The van der Waals surface area contributed by atoms with Crippen LogP contribution >= 0.6 is 7.14 Å². The van der Waals surface area contributed by atoms with Gasteiger partial charge in [-0.1, -0.05) is 128 Å². The molecule has 0 aromatic heterocycles. The minimum atomic E-state index is -3.33. The van der Waals surface area contributed by atoms with Gasteiger partial charge in [0.2, 0.25) is 0 Å². The molecule has 0 aliphatic rings. The van der Waals surface area contributed by atoms with Gasteiger partial charge >= 0.3 is 0 Å². The molecule has 0 saturated carbocycles. The van der Waals surface area contributed by atoms with E-state index >= 15 is 4.57 Å². The standard InChI is InChI=1S/C28H25O2P/c1-22(23-14-6-2-7-15-23)28(27(29)24-16-8-3-9-17-24)31(30,25-18-10-4-11-19-25)26-20-12-5-13-21-26/h2-22,28H,1H3/t22-,28+/m0/s1. The number of rotatable bonds is 7. The van der Waals surface area contributed by atoms with Crippen LogP contribution in [0.1, 0.15) is 28.8 Å². The van der Waals surface area contributed by atoms with Gasteiger partial charge < -0.3 is 4.57 Å². The Morgan fingerprint density at radius 3 is 1.45 bits per heavy atom. The van der Waals surface area contributed by atoms with E-state index in [0.717, 1.165) is 5.56 Å². The van der Waals surface area contributed by atoms with Crippen LogP contribution in [0.2, 0.25) is 0 Å². The van der Waals surface area contributed by atoms with Crippen LogP contribution in [0.25, 0.3) is 0 Å². The summed E-state index contributed by atoms with van der Waals surface area (Å²) in [7, 11) is -3.33. The summed E-state index contributed by atoms with van der Waals surface area (Å²) in [6.07, 6.45) is 0. The van der Waals surface area contributed by atoms with E-state index in [1.807, 2.05) is 128 Å². The van der Waals surface area contributed by atoms with E-state index < -0.39 is 12.8 Å². The summed E-state index contributed by atoms with van der Waals surface area (Å²) in [5, 5.41) is 1.41. The third kappa shape index (κ3) is 4.17. The minimum absolute atomic E-state index is 0.0898. The Kier molecular flexibility index (Phi) is 6.30. The fourth-order valence-electron chi connectivity index (χ4n) is 4.19. The maximum absolute atomic E-state index is 15.1. The summed E-state index contributed by atoms with van der Waals surface area (Å²) in [4.78, 5) is 14.0. The number of Topliss-reactive ketones (excluding diaryl/α,β-unsaturated/α-hetero) is 1. The summed E-state index contributed by atoms with van der Waals surface area (Å²) in [6, 6.07) is 38.1. The van der Waals surface area contributed by atoms with Crippen LogP contribution in [-0.2, 0) is 4.57 Å². The molecule has 2 atom stereocenters. The van der Waals surface area contributed by atoms with Crippen LogP contribution in [0.5, 0.6) is 0 Å². The van der Waals surface area contributed by atoms with E-state index in [1.165, 1.54) is 0 Å². The molecule has 154 valence electrons. The van der Waals surface area contributed by atoms with E-state index in [2.05, 4.69) is 0 Å². The number of hydrogen-bond acceptors (Lipinski definition) is 2. The van der Waals surface area contributed by atoms with Gasteiger partial charge in [0.25, 0.3) is 0 Å². The first-order chi connectivity index (χ1) is 15.1. The number of carbonyl (C=O) groups is 1. The Hall–Kier alpha value is -3.22. The fraction of sp³-hybridized carbons (Fsp3) is 0.107. The van der Waals surface area contributed by atoms with Gasteiger partial charge in [-0.15, -0.1) is 0 Å². The molecule has 0 aliphatic heterocycles. The predicted octanol–water partition coefficient (Wildman–Crippen LogP) is 6.06. The summed E-state index contributed by atoms with van der Waals surface area (Å²) >= 11 is 0. The van der Waals surface area contributed by atoms with Crippen molar-refractivity contribution in [2.75, 3.05) is 0 Å². The zero-order valence-electron chi connectivity index (χ0n) is 17.5. The van der Waals surface area contributed by atoms with Crippen molar-refractivity contribution in [3.8, 4) is 0 Å². The van der Waals surface area contributed by atoms with E-state index in [9.17, 15) is 4.79 Å². The Bertz CT molecular complexity index is 1130. The third-order valence-electron chi connectivity index (χ3n) is 5.80. The quantitative estimate of drug-likeness (QED) is 0.267. The molecule has 0 N–H and O–H groups in total. The van der Waals surface area contributed by atoms with Crippen molar-refractivity contribution in [3.63, 3.8) is 0 Å². The smallest absolute Gasteiger partial charge is 0.174 e. The van der Waals surface area contributed by atoms with E-state index in [0.29, 0.717) is 16.2 Å². The maximum atomic E-state index is 15.1. The van der Waals surface area contributed by atoms with Crippen molar-refractivity contribution in [2.45, 2.75) is 18.5 Å². The van der Waals surface area contributed by atoms with Gasteiger partial charge in [-0.25, -0.2) is 0 Å². The molecule has 31 heavy (non-hydrogen) atoms. The lowest BCUT2D eigenvalue weighted by Crippen LogP contribution is -2.35. The molecule has 2 nitrogen and oxygen atoms in total. The van der Waals surface area contributed by atoms with Crippen LogP contribution < -0.4 is 10.6 Å². The second-order valence-corrected chi connectivity index (χ2v) is 10.6. The van der Waals surface area contributed by atoms with Gasteiger partial charge in [-0.05, 0) is 11.5 Å². The highest BCUT2D eigenvalue weighted by atomic mass is 31.2. The van der Waals surface area contributed by atoms with Crippen molar-refractivity contribution >= 4 is 23.5 Å². The van der Waals surface area contributed by atoms with Crippen molar-refractivity contribution in [2.24, 2.45) is 0 Å². The molecule has 0 saturated heterocycles. The van der Waals surface area contributed by atoms with Crippen molar-refractivity contribution < 1.29 is 9.36 Å². The van der Waals surface area contributed by atoms with Crippen LogP contribution in [0.3, 0.4) is 0 Å². The zero-order valence-corrected chi connectivity index (χ0v) is 18.4. The molecule has 4 aromatic rings. The largest absolute Gasteiger partial charge is 0.313 e. The van der Waals surface area contributed by atoms with Gasteiger partial charge in [-0.3, -0.25) is 4.79 Å². The summed E-state index contributed by atoms with van der Waals surface area (Å²) in [5.41, 5.74) is 0.869. The molecule has 0 radical (unpaired) electrons. The molecule has 4 aromatic carbocycles. The second kappa shape index (κ2) is 9.29. The fourth-order valence-corrected chi connectivity index (χ4v) is 7.64. The first-order valence-corrected chi connectivity index (χ1v) is 12.2. The second-order valence-electron chi connectivity index (χ2n) is 7.70. The normalized spacial score (nSPS) is 13.3. The first-order valence-electron chi connectivity index (χ1n) is 10.5. The van der Waals surface area contributed by atoms with Crippen molar-refractivity contribution in [1.29, 1.82) is 0 Å². The van der Waals surface area contributed by atoms with Gasteiger partial charge in [-0.2, -0.15) is 0 Å². The van der Waals surface area contributed by atoms with Gasteiger partial charge in [0.1, 0.15) is 0 Å². The van der Waals surface area contributed by atoms with Gasteiger partial charge in [0.15, 0.2) is 12.9 Å². The molecule has 3 heteroatoms. The zero-order chi connectivity index (χ0) is 21.7. The van der Waals surface area contributed by atoms with Crippen LogP contribution in [0.4, 0.5) is 0 Å². The number of hydrogen-bond donors (Lipinski definition) is 0. The lowest BCUT2D eigenvalue weighted by Gasteiger charge is -2.32. The van der Waals surface area contributed by atoms with Crippen LogP contribution in [0.15, 0.2) is 121 Å². The Labute approximate surface area is 184 Å². The van der Waals surface area contributed by atoms with Crippen LogP contribution in [-0.4, -0.2) is 11.4 Å². The SMILES string of the molecule is C[C@@H](c1ccccc1)[C@H](C(=O)c1ccccc1)P(=O)(c1ccccc1)c1ccccc1. The molecule has 0 amide bonds. The first kappa shape index (κ1) is 21.0. The highest BCUT2D eigenvalue weighted by Gasteiger charge is 2.45. The molecule has 0 aliphatic carbocycles. The molecular formula is C28H25O2P. The van der Waals surface area contributed by atoms with Crippen LogP contribution in [0, 0.1) is 0 Å². The predicted molar refractivity (Wildman–Crippen MR) is 129 cm³/mol. The maximum Gasteiger partial charge on any atom is 0.174 e. The summed E-state index contributed by atoms with van der Waals surface area (Å²) in [5.74, 6) is -0.326. The molecule has 0 unspecified atom stereocenters. The van der Waals surface area contributed by atoms with E-state index in [1.54, 1.807) is 0 Å². The van der Waals surface area contributed by atoms with E-state index in [-0.39, 0.29) is 11.7 Å². The number of benzene rings is 4. The lowest BCUT2D eigenvalue weighted by atomic mass is 9.92. The average Bonchev–Trinajstić information content (AvgIpc) is 2.86. The number of ketones is 1. The van der Waals surface area contributed by atoms with Gasteiger partial charge in [0, 0.05) is 16.2 Å². The third-order valence-corrected chi connectivity index (χ3v) is 9.39. The molecule has 0 heterocycles. The summed E-state index contributed by atoms with van der Waals surface area (Å²) < 4.78 is 15.1. The Morgan fingerprint density at radius 2 is 1.00 bits per heavy atom. The van der Waals surface area contributed by atoms with Crippen molar-refractivity contribution in [1.82, 2.24) is 0 Å². The highest BCUT2D eigenvalue weighted by molar-refractivity contribution is 7.80. The van der Waals surface area contributed by atoms with E-state index in [4.69, 9.17) is 0 Å². The monoisotopic (exact) mass is 424 g/mol. The molecule has 0 spiro atoms. The Balaban J connectivity index is 1.97. The van der Waals surface area contributed by atoms with Crippen molar-refractivity contribution in [3.05, 3.63) is 132 Å². The van der Waals surface area contributed by atoms with Gasteiger partial charge in [0.05, 0.1) is 5.66 Å².